The molecule has 7 nitrogen and oxygen atoms in total. The number of pyridine rings is 1. The molecule has 1 aliphatic carbocycles. The average molecular weight is 448 g/mol. The molecule has 0 unspecified atom stereocenters. The van der Waals surface area contributed by atoms with Crippen molar-refractivity contribution in [3.05, 3.63) is 77.8 Å². The molecule has 0 amide bonds. The van der Waals surface area contributed by atoms with Crippen molar-refractivity contribution in [3.8, 4) is 17.0 Å². The fraction of sp³-hybridized carbons (Fsp3) is 0.208. The first-order valence-electron chi connectivity index (χ1n) is 10.6. The highest BCUT2D eigenvalue weighted by molar-refractivity contribution is 5.66. The molecule has 4 N–H and O–H groups in total. The van der Waals surface area contributed by atoms with Crippen LogP contribution in [0.1, 0.15) is 31.2 Å². The molecule has 0 bridgehead atoms. The second kappa shape index (κ2) is 8.25. The van der Waals surface area contributed by atoms with E-state index in [1.807, 2.05) is 6.07 Å². The number of fused-ring (bicyclic) bond motifs is 1. The van der Waals surface area contributed by atoms with Crippen LogP contribution in [0.25, 0.3) is 16.8 Å². The van der Waals surface area contributed by atoms with Gasteiger partial charge in [-0.2, -0.15) is 9.61 Å². The van der Waals surface area contributed by atoms with Gasteiger partial charge in [0, 0.05) is 24.4 Å². The SMILES string of the molecule is CC1=C[C@H](N)C[C@H](c2ccncc2Nc2ncc3ccc(-c4c(F)cc(O)cc4F)nn23)C1. The summed E-state index contributed by atoms with van der Waals surface area (Å²) in [7, 11) is 0. The number of benzene rings is 1. The second-order valence-electron chi connectivity index (χ2n) is 8.32. The summed E-state index contributed by atoms with van der Waals surface area (Å²) in [5.74, 6) is -1.68. The molecule has 5 rings (SSSR count). The standard InChI is InChI=1S/C24H22F2N6O/c1-13-6-14(8-15(27)7-13)18-4-5-28-12-22(18)30-24-29-11-16-2-3-21(31-32(16)24)23-19(25)9-17(33)10-20(23)26/h2-5,7,9-12,14-15,33H,6,8,27H2,1H3,(H,29,30)/t14-,15+/m1/s1. The Bertz CT molecular complexity index is 1360. The van der Waals surface area contributed by atoms with E-state index in [-0.39, 0.29) is 23.2 Å². The van der Waals surface area contributed by atoms with Crippen molar-refractivity contribution in [2.45, 2.75) is 31.7 Å². The number of hydrogen-bond acceptors (Lipinski definition) is 6. The molecule has 0 saturated carbocycles. The Labute approximate surface area is 188 Å². The van der Waals surface area contributed by atoms with Gasteiger partial charge in [0.25, 0.3) is 0 Å². The highest BCUT2D eigenvalue weighted by atomic mass is 19.1. The summed E-state index contributed by atoms with van der Waals surface area (Å²) < 4.78 is 30.3. The summed E-state index contributed by atoms with van der Waals surface area (Å²) in [5, 5.41) is 17.1. The molecule has 0 saturated heterocycles. The fourth-order valence-corrected chi connectivity index (χ4v) is 4.43. The Balaban J connectivity index is 1.53. The van der Waals surface area contributed by atoms with E-state index in [4.69, 9.17) is 5.73 Å². The largest absolute Gasteiger partial charge is 0.508 e. The minimum absolute atomic E-state index is 0.00338. The van der Waals surface area contributed by atoms with Gasteiger partial charge in [-0.1, -0.05) is 11.6 Å². The summed E-state index contributed by atoms with van der Waals surface area (Å²) in [4.78, 5) is 8.65. The zero-order chi connectivity index (χ0) is 23.1. The smallest absolute Gasteiger partial charge is 0.229 e. The van der Waals surface area contributed by atoms with Crippen LogP contribution in [0.4, 0.5) is 20.4 Å². The topological polar surface area (TPSA) is 101 Å². The third-order valence-corrected chi connectivity index (χ3v) is 5.83. The Kier molecular flexibility index (Phi) is 5.26. The average Bonchev–Trinajstić information content (AvgIpc) is 3.15. The van der Waals surface area contributed by atoms with E-state index in [0.717, 1.165) is 36.2 Å². The minimum atomic E-state index is -0.902. The molecule has 0 spiro atoms. The van der Waals surface area contributed by atoms with Crippen molar-refractivity contribution < 1.29 is 13.9 Å². The number of anilines is 2. The van der Waals surface area contributed by atoms with Gasteiger partial charge in [-0.15, -0.1) is 0 Å². The molecular weight excluding hydrogens is 426 g/mol. The molecule has 0 aliphatic heterocycles. The highest BCUT2D eigenvalue weighted by Gasteiger charge is 2.23. The van der Waals surface area contributed by atoms with Crippen LogP contribution in [-0.4, -0.2) is 30.7 Å². The number of nitrogens with one attached hydrogen (secondary N) is 1. The number of allylic oxidation sites excluding steroid dienone is 1. The number of nitrogens with zero attached hydrogens (tertiary/aromatic N) is 4. The van der Waals surface area contributed by atoms with Crippen LogP contribution in [0, 0.1) is 11.6 Å². The number of aromatic hydroxyl groups is 1. The van der Waals surface area contributed by atoms with Crippen molar-refractivity contribution in [1.82, 2.24) is 19.6 Å². The number of rotatable bonds is 4. The first-order valence-corrected chi connectivity index (χ1v) is 10.6. The lowest BCUT2D eigenvalue weighted by Crippen LogP contribution is -2.25. The molecule has 2 atom stereocenters. The maximum absolute atomic E-state index is 14.4. The van der Waals surface area contributed by atoms with E-state index in [0.29, 0.717) is 11.5 Å². The zero-order valence-electron chi connectivity index (χ0n) is 17.8. The maximum atomic E-state index is 14.4. The van der Waals surface area contributed by atoms with Gasteiger partial charge in [-0.3, -0.25) is 4.98 Å². The van der Waals surface area contributed by atoms with Crippen molar-refractivity contribution in [2.75, 3.05) is 5.32 Å². The summed E-state index contributed by atoms with van der Waals surface area (Å²) in [6.45, 7) is 2.08. The monoisotopic (exact) mass is 448 g/mol. The molecule has 4 aromatic rings. The third kappa shape index (κ3) is 4.03. The second-order valence-corrected chi connectivity index (χ2v) is 8.32. The maximum Gasteiger partial charge on any atom is 0.229 e. The van der Waals surface area contributed by atoms with Gasteiger partial charge in [0.1, 0.15) is 17.4 Å². The molecule has 1 aliphatic rings. The van der Waals surface area contributed by atoms with Crippen molar-refractivity contribution in [2.24, 2.45) is 5.73 Å². The van der Waals surface area contributed by atoms with Gasteiger partial charge in [-0.05, 0) is 49.4 Å². The molecule has 33 heavy (non-hydrogen) atoms. The van der Waals surface area contributed by atoms with E-state index < -0.39 is 17.4 Å². The molecule has 9 heteroatoms. The van der Waals surface area contributed by atoms with E-state index in [2.05, 4.69) is 33.4 Å². The lowest BCUT2D eigenvalue weighted by Gasteiger charge is -2.27. The zero-order valence-corrected chi connectivity index (χ0v) is 17.8. The van der Waals surface area contributed by atoms with E-state index >= 15 is 0 Å². The number of halogens is 2. The van der Waals surface area contributed by atoms with Crippen LogP contribution in [-0.2, 0) is 0 Å². The molecule has 1 aromatic carbocycles. The van der Waals surface area contributed by atoms with Crippen molar-refractivity contribution in [3.63, 3.8) is 0 Å². The van der Waals surface area contributed by atoms with Crippen LogP contribution in [0.2, 0.25) is 0 Å². The first-order chi connectivity index (χ1) is 15.9. The molecule has 0 radical (unpaired) electrons. The van der Waals surface area contributed by atoms with Crippen LogP contribution < -0.4 is 11.1 Å². The number of aromatic nitrogens is 4. The van der Waals surface area contributed by atoms with E-state index in [9.17, 15) is 13.9 Å². The van der Waals surface area contributed by atoms with Gasteiger partial charge < -0.3 is 16.2 Å². The Hall–Kier alpha value is -3.85. The minimum Gasteiger partial charge on any atom is -0.508 e. The van der Waals surface area contributed by atoms with E-state index in [1.165, 1.54) is 16.2 Å². The first kappa shape index (κ1) is 21.0. The molecule has 0 fully saturated rings. The van der Waals surface area contributed by atoms with Crippen LogP contribution in [0.15, 0.2) is 60.6 Å². The predicted octanol–water partition coefficient (Wildman–Crippen LogP) is 4.67. The van der Waals surface area contributed by atoms with Gasteiger partial charge in [0.15, 0.2) is 0 Å². The Morgan fingerprint density at radius 2 is 1.94 bits per heavy atom. The predicted molar refractivity (Wildman–Crippen MR) is 121 cm³/mol. The van der Waals surface area contributed by atoms with Crippen LogP contribution in [0.3, 0.4) is 0 Å². The van der Waals surface area contributed by atoms with Crippen LogP contribution >= 0.6 is 0 Å². The molecule has 3 heterocycles. The van der Waals surface area contributed by atoms with Gasteiger partial charge in [0.05, 0.1) is 34.9 Å². The normalized spacial score (nSPS) is 18.4. The van der Waals surface area contributed by atoms with Gasteiger partial charge >= 0.3 is 0 Å². The number of phenols is 1. The Morgan fingerprint density at radius 1 is 1.15 bits per heavy atom. The number of nitrogens with two attached hydrogens (primary N) is 1. The quantitative estimate of drug-likeness (QED) is 0.392. The number of hydrogen-bond donors (Lipinski definition) is 3. The lowest BCUT2D eigenvalue weighted by molar-refractivity contribution is 0.461. The molecule has 3 aromatic heterocycles. The van der Waals surface area contributed by atoms with Crippen molar-refractivity contribution >= 4 is 17.2 Å². The fourth-order valence-electron chi connectivity index (χ4n) is 4.43. The number of imidazole rings is 1. The molecule has 168 valence electrons. The van der Waals surface area contributed by atoms with Gasteiger partial charge in [0.2, 0.25) is 5.95 Å². The number of phenolic OH excluding ortho intramolecular Hbond substituents is 1. The molecular formula is C24H22F2N6O. The highest BCUT2D eigenvalue weighted by Crippen LogP contribution is 2.36. The third-order valence-electron chi connectivity index (χ3n) is 5.83. The Morgan fingerprint density at radius 3 is 2.70 bits per heavy atom. The summed E-state index contributed by atoms with van der Waals surface area (Å²) in [5.41, 5.74) is 9.68. The summed E-state index contributed by atoms with van der Waals surface area (Å²) in [6, 6.07) is 6.85. The summed E-state index contributed by atoms with van der Waals surface area (Å²) >= 11 is 0. The van der Waals surface area contributed by atoms with Crippen LogP contribution in [0.5, 0.6) is 5.75 Å². The lowest BCUT2D eigenvalue weighted by atomic mass is 9.82. The van der Waals surface area contributed by atoms with E-state index in [1.54, 1.807) is 24.7 Å². The van der Waals surface area contributed by atoms with Crippen molar-refractivity contribution in [1.29, 1.82) is 0 Å². The van der Waals surface area contributed by atoms with Gasteiger partial charge in [-0.25, -0.2) is 13.8 Å². The summed E-state index contributed by atoms with van der Waals surface area (Å²) in [6.07, 6.45) is 8.90.